The van der Waals surface area contributed by atoms with Crippen LogP contribution >= 0.6 is 0 Å². The highest BCUT2D eigenvalue weighted by molar-refractivity contribution is 5.94. The zero-order valence-electron chi connectivity index (χ0n) is 17.7. The maximum absolute atomic E-state index is 13.5. The van der Waals surface area contributed by atoms with Crippen LogP contribution in [0.4, 0.5) is 0 Å². The fourth-order valence-electron chi connectivity index (χ4n) is 4.74. The Bertz CT molecular complexity index is 956. The predicted octanol–water partition coefficient (Wildman–Crippen LogP) is 2.39. The number of methoxy groups -OCH3 is 2. The van der Waals surface area contributed by atoms with E-state index in [1.54, 1.807) is 19.1 Å². The molecule has 2 fully saturated rings. The van der Waals surface area contributed by atoms with E-state index in [1.807, 2.05) is 30.0 Å². The molecule has 1 atom stereocenters. The van der Waals surface area contributed by atoms with E-state index in [-0.39, 0.29) is 11.8 Å². The largest absolute Gasteiger partial charge is 0.493 e. The number of para-hydroxylation sites is 1. The molecule has 0 bridgehead atoms. The molecule has 2 aliphatic rings. The lowest BCUT2D eigenvalue weighted by Gasteiger charge is -2.39. The minimum atomic E-state index is -0.510. The molecule has 2 saturated heterocycles. The lowest BCUT2D eigenvalue weighted by molar-refractivity contribution is -0.146. The second-order valence-corrected chi connectivity index (χ2v) is 8.12. The van der Waals surface area contributed by atoms with Crippen molar-refractivity contribution in [3.63, 3.8) is 0 Å². The number of carbonyl (C=O) groups is 2. The number of hydrogen-bond donors (Lipinski definition) is 1. The van der Waals surface area contributed by atoms with Gasteiger partial charge in [0.25, 0.3) is 5.91 Å². The summed E-state index contributed by atoms with van der Waals surface area (Å²) in [5.41, 5.74) is 1.60. The average Bonchev–Trinajstić information content (AvgIpc) is 3.38. The standard InChI is InChI=1S/C22H28N4O4/c1-15-18(24-14-23-15)20(27)26-11-9-22(13-26)8-5-10-25(21(22)28)12-16-6-4-7-17(29-2)19(16)30-3/h4,6-7,14H,5,8-13H2,1-3H3,(H,23,24). The van der Waals surface area contributed by atoms with Crippen LogP contribution in [0.2, 0.25) is 0 Å². The maximum atomic E-state index is 13.5. The van der Waals surface area contributed by atoms with E-state index in [9.17, 15) is 9.59 Å². The van der Waals surface area contributed by atoms with E-state index in [0.717, 1.165) is 24.1 Å². The molecule has 8 heteroatoms. The van der Waals surface area contributed by atoms with Gasteiger partial charge >= 0.3 is 0 Å². The highest BCUT2D eigenvalue weighted by atomic mass is 16.5. The number of carbonyl (C=O) groups excluding carboxylic acids is 2. The molecule has 8 nitrogen and oxygen atoms in total. The third kappa shape index (κ3) is 3.40. The number of H-pyrrole nitrogens is 1. The highest BCUT2D eigenvalue weighted by Gasteiger charge is 2.49. The lowest BCUT2D eigenvalue weighted by atomic mass is 9.78. The predicted molar refractivity (Wildman–Crippen MR) is 110 cm³/mol. The average molecular weight is 412 g/mol. The van der Waals surface area contributed by atoms with Crippen LogP contribution in [-0.4, -0.2) is 65.4 Å². The van der Waals surface area contributed by atoms with Crippen molar-refractivity contribution in [2.24, 2.45) is 5.41 Å². The van der Waals surface area contributed by atoms with Crippen LogP contribution in [0.1, 0.15) is 41.0 Å². The van der Waals surface area contributed by atoms with Crippen molar-refractivity contribution in [3.05, 3.63) is 41.5 Å². The van der Waals surface area contributed by atoms with Crippen molar-refractivity contribution in [2.45, 2.75) is 32.7 Å². The minimum Gasteiger partial charge on any atom is -0.493 e. The van der Waals surface area contributed by atoms with Gasteiger partial charge in [-0.15, -0.1) is 0 Å². The number of ether oxygens (including phenoxy) is 2. The van der Waals surface area contributed by atoms with Gasteiger partial charge in [0.15, 0.2) is 11.5 Å². The van der Waals surface area contributed by atoms with Crippen molar-refractivity contribution in [2.75, 3.05) is 33.9 Å². The monoisotopic (exact) mass is 412 g/mol. The number of imidazole rings is 1. The summed E-state index contributed by atoms with van der Waals surface area (Å²) in [6.07, 6.45) is 3.94. The molecule has 1 aromatic carbocycles. The number of nitrogens with zero attached hydrogens (tertiary/aromatic N) is 3. The van der Waals surface area contributed by atoms with E-state index in [1.165, 1.54) is 6.33 Å². The van der Waals surface area contributed by atoms with E-state index in [2.05, 4.69) is 9.97 Å². The number of aromatic amines is 1. The van der Waals surface area contributed by atoms with Gasteiger partial charge in [0, 0.05) is 37.4 Å². The first-order chi connectivity index (χ1) is 14.5. The molecule has 160 valence electrons. The van der Waals surface area contributed by atoms with Crippen molar-refractivity contribution in [1.29, 1.82) is 0 Å². The van der Waals surface area contributed by atoms with Gasteiger partial charge < -0.3 is 24.3 Å². The molecular weight excluding hydrogens is 384 g/mol. The number of benzene rings is 1. The molecule has 1 spiro atoms. The molecule has 2 aromatic rings. The Morgan fingerprint density at radius 2 is 2.07 bits per heavy atom. The number of piperidine rings is 1. The molecule has 4 rings (SSSR count). The molecule has 1 unspecified atom stereocenters. The molecule has 0 radical (unpaired) electrons. The summed E-state index contributed by atoms with van der Waals surface area (Å²) in [4.78, 5) is 37.2. The topological polar surface area (TPSA) is 87.8 Å². The van der Waals surface area contributed by atoms with Crippen molar-refractivity contribution in [1.82, 2.24) is 19.8 Å². The third-order valence-corrected chi connectivity index (χ3v) is 6.34. The molecule has 1 N–H and O–H groups in total. The Morgan fingerprint density at radius 3 is 2.77 bits per heavy atom. The molecular formula is C22H28N4O4. The Kier molecular flexibility index (Phi) is 5.40. The van der Waals surface area contributed by atoms with Gasteiger partial charge in [-0.05, 0) is 32.3 Å². The van der Waals surface area contributed by atoms with Crippen LogP contribution in [-0.2, 0) is 11.3 Å². The molecule has 1 aromatic heterocycles. The summed E-state index contributed by atoms with van der Waals surface area (Å²) < 4.78 is 10.9. The zero-order chi connectivity index (χ0) is 21.3. The maximum Gasteiger partial charge on any atom is 0.274 e. The molecule has 3 heterocycles. The van der Waals surface area contributed by atoms with E-state index in [4.69, 9.17) is 9.47 Å². The van der Waals surface area contributed by atoms with Gasteiger partial charge in [0.05, 0.1) is 26.0 Å². The summed E-state index contributed by atoms with van der Waals surface area (Å²) in [6.45, 7) is 4.03. The van der Waals surface area contributed by atoms with Crippen LogP contribution in [0.15, 0.2) is 24.5 Å². The molecule has 2 amide bonds. The van der Waals surface area contributed by atoms with Crippen LogP contribution in [0.25, 0.3) is 0 Å². The molecule has 0 saturated carbocycles. The van der Waals surface area contributed by atoms with Gasteiger partial charge in [0.2, 0.25) is 5.91 Å². The number of rotatable bonds is 5. The van der Waals surface area contributed by atoms with Crippen molar-refractivity contribution < 1.29 is 19.1 Å². The number of amides is 2. The Hall–Kier alpha value is -3.03. The zero-order valence-corrected chi connectivity index (χ0v) is 17.7. The number of aryl methyl sites for hydroxylation is 1. The Labute approximate surface area is 176 Å². The van der Waals surface area contributed by atoms with E-state index < -0.39 is 5.41 Å². The first kappa shape index (κ1) is 20.3. The Morgan fingerprint density at radius 1 is 1.23 bits per heavy atom. The third-order valence-electron chi connectivity index (χ3n) is 6.34. The fourth-order valence-corrected chi connectivity index (χ4v) is 4.74. The normalized spacial score (nSPS) is 21.4. The van der Waals surface area contributed by atoms with Crippen LogP contribution in [0.3, 0.4) is 0 Å². The quantitative estimate of drug-likeness (QED) is 0.815. The second-order valence-electron chi connectivity index (χ2n) is 8.12. The smallest absolute Gasteiger partial charge is 0.274 e. The number of nitrogens with one attached hydrogen (secondary N) is 1. The van der Waals surface area contributed by atoms with Crippen molar-refractivity contribution >= 4 is 11.8 Å². The van der Waals surface area contributed by atoms with Crippen molar-refractivity contribution in [3.8, 4) is 11.5 Å². The summed E-state index contributed by atoms with van der Waals surface area (Å²) in [6, 6.07) is 5.71. The van der Waals surface area contributed by atoms with Gasteiger partial charge in [-0.2, -0.15) is 0 Å². The van der Waals surface area contributed by atoms with Gasteiger partial charge in [-0.3, -0.25) is 9.59 Å². The number of aromatic nitrogens is 2. The number of likely N-dealkylation sites (tertiary alicyclic amines) is 2. The summed E-state index contributed by atoms with van der Waals surface area (Å²) in [7, 11) is 3.21. The summed E-state index contributed by atoms with van der Waals surface area (Å²) >= 11 is 0. The molecule has 30 heavy (non-hydrogen) atoms. The van der Waals surface area contributed by atoms with Crippen LogP contribution in [0, 0.1) is 12.3 Å². The Balaban J connectivity index is 1.52. The van der Waals surface area contributed by atoms with Gasteiger partial charge in [-0.25, -0.2) is 4.98 Å². The molecule has 0 aliphatic carbocycles. The first-order valence-corrected chi connectivity index (χ1v) is 10.3. The van der Waals surface area contributed by atoms with Crippen LogP contribution in [0.5, 0.6) is 11.5 Å². The SMILES string of the molecule is COc1cccc(CN2CCCC3(CCN(C(=O)c4nc[nH]c4C)C3)C2=O)c1OC. The van der Waals surface area contributed by atoms with E-state index in [0.29, 0.717) is 49.8 Å². The summed E-state index contributed by atoms with van der Waals surface area (Å²) in [5.74, 6) is 1.32. The second kappa shape index (κ2) is 8.01. The fraction of sp³-hybridized carbons (Fsp3) is 0.500. The van der Waals surface area contributed by atoms with Gasteiger partial charge in [0.1, 0.15) is 5.69 Å². The molecule has 2 aliphatic heterocycles. The number of hydrogen-bond acceptors (Lipinski definition) is 5. The van der Waals surface area contributed by atoms with Crippen LogP contribution < -0.4 is 9.47 Å². The lowest BCUT2D eigenvalue weighted by Crippen LogP contribution is -2.50. The minimum absolute atomic E-state index is 0.106. The van der Waals surface area contributed by atoms with E-state index >= 15 is 0 Å². The highest BCUT2D eigenvalue weighted by Crippen LogP contribution is 2.42. The van der Waals surface area contributed by atoms with Gasteiger partial charge in [-0.1, -0.05) is 12.1 Å². The summed E-state index contributed by atoms with van der Waals surface area (Å²) in [5, 5.41) is 0. The first-order valence-electron chi connectivity index (χ1n) is 10.3.